The highest BCUT2D eigenvalue weighted by Gasteiger charge is 2.55. The van der Waals surface area contributed by atoms with Crippen LogP contribution >= 0.6 is 0 Å². The molecule has 2 amide bonds. The quantitative estimate of drug-likeness (QED) is 0.383. The molecule has 0 saturated heterocycles. The lowest BCUT2D eigenvalue weighted by Crippen LogP contribution is -2.51. The number of fused-ring (bicyclic) bond motifs is 3. The number of nitrogens with one attached hydrogen (secondary N) is 3. The van der Waals surface area contributed by atoms with E-state index in [1.807, 2.05) is 24.3 Å². The van der Waals surface area contributed by atoms with Crippen molar-refractivity contribution in [3.05, 3.63) is 54.6 Å². The first-order chi connectivity index (χ1) is 20.9. The third-order valence-corrected chi connectivity index (χ3v) is 10.6. The Hall–Kier alpha value is -3.24. The lowest BCUT2D eigenvalue weighted by Gasteiger charge is -2.28. The van der Waals surface area contributed by atoms with Gasteiger partial charge in [0.2, 0.25) is 15.9 Å². The van der Waals surface area contributed by atoms with Crippen LogP contribution in [0.1, 0.15) is 78.6 Å². The number of sulfonamides is 1. The van der Waals surface area contributed by atoms with Gasteiger partial charge in [0, 0.05) is 29.7 Å². The lowest BCUT2D eigenvalue weighted by atomic mass is 9.86. The van der Waals surface area contributed by atoms with Crippen molar-refractivity contribution in [1.29, 1.82) is 0 Å². The van der Waals surface area contributed by atoms with Crippen molar-refractivity contribution in [1.82, 2.24) is 15.4 Å². The average Bonchev–Trinajstić information content (AvgIpc) is 3.39. The monoisotopic (exact) mass is 623 g/mol. The van der Waals surface area contributed by atoms with Gasteiger partial charge in [-0.2, -0.15) is 0 Å². The van der Waals surface area contributed by atoms with Crippen LogP contribution in [0.3, 0.4) is 0 Å². The Morgan fingerprint density at radius 3 is 2.52 bits per heavy atom. The number of hydrogen-bond donors (Lipinski definition) is 3. The van der Waals surface area contributed by atoms with E-state index in [0.717, 1.165) is 37.5 Å². The Morgan fingerprint density at radius 2 is 1.73 bits per heavy atom. The molecule has 1 aliphatic heterocycles. The molecule has 0 aromatic heterocycles. The largest absolute Gasteiger partial charge is 0.444 e. The molecule has 0 bridgehead atoms. The number of alkyl carbamates (subject to hydrolysis) is 1. The summed E-state index contributed by atoms with van der Waals surface area (Å²) in [4.78, 5) is 40.5. The predicted molar refractivity (Wildman–Crippen MR) is 169 cm³/mol. The molecule has 5 atom stereocenters. The van der Waals surface area contributed by atoms with Crippen LogP contribution < -0.4 is 15.4 Å². The first kappa shape index (κ1) is 32.2. The zero-order chi connectivity index (χ0) is 31.5. The van der Waals surface area contributed by atoms with E-state index in [4.69, 9.17) is 4.74 Å². The minimum Gasteiger partial charge on any atom is -0.444 e. The molecule has 2 saturated carbocycles. The summed E-state index contributed by atoms with van der Waals surface area (Å²) in [7, 11) is -3.87. The fourth-order valence-electron chi connectivity index (χ4n) is 6.70. The summed E-state index contributed by atoms with van der Waals surface area (Å²) in [5, 5.41) is 7.47. The molecular weight excluding hydrogens is 578 g/mol. The summed E-state index contributed by atoms with van der Waals surface area (Å²) in [5.74, 6) is -1.42. The van der Waals surface area contributed by atoms with Gasteiger partial charge in [0.1, 0.15) is 5.60 Å². The van der Waals surface area contributed by atoms with E-state index >= 15 is 0 Å². The molecule has 3 aliphatic rings. The molecule has 0 radical (unpaired) electrons. The number of ether oxygens (including phenoxy) is 1. The second-order valence-corrected chi connectivity index (χ2v) is 15.3. The first-order valence-corrected chi connectivity index (χ1v) is 17.4. The minimum absolute atomic E-state index is 0.0102. The number of allylic oxidation sites excluding steroid dienone is 1. The van der Waals surface area contributed by atoms with E-state index < -0.39 is 45.1 Å². The Morgan fingerprint density at radius 1 is 0.977 bits per heavy atom. The van der Waals surface area contributed by atoms with Crippen LogP contribution in [0.4, 0.5) is 4.79 Å². The molecule has 5 rings (SSSR count). The molecule has 44 heavy (non-hydrogen) atoms. The number of benzene rings is 2. The number of ketones is 1. The van der Waals surface area contributed by atoms with Crippen LogP contribution in [0.15, 0.2) is 59.5 Å². The third-order valence-electron chi connectivity index (χ3n) is 9.11. The summed E-state index contributed by atoms with van der Waals surface area (Å²) in [5.41, 5.74) is -1.46. The van der Waals surface area contributed by atoms with Crippen LogP contribution in [0.5, 0.6) is 0 Å². The van der Waals surface area contributed by atoms with E-state index in [0.29, 0.717) is 31.1 Å². The second-order valence-electron chi connectivity index (χ2n) is 13.6. The smallest absolute Gasteiger partial charge is 0.408 e. The van der Waals surface area contributed by atoms with Crippen molar-refractivity contribution in [2.45, 2.75) is 101 Å². The van der Waals surface area contributed by atoms with Gasteiger partial charge in [0.05, 0.1) is 16.5 Å². The summed E-state index contributed by atoms with van der Waals surface area (Å²) in [6.07, 6.45) is 9.99. The lowest BCUT2D eigenvalue weighted by molar-refractivity contribution is -0.134. The van der Waals surface area contributed by atoms with E-state index in [2.05, 4.69) is 27.5 Å². The van der Waals surface area contributed by atoms with Crippen LogP contribution in [-0.4, -0.2) is 49.9 Å². The van der Waals surface area contributed by atoms with Crippen molar-refractivity contribution in [2.24, 2.45) is 17.8 Å². The summed E-state index contributed by atoms with van der Waals surface area (Å²) < 4.78 is 35.3. The molecule has 2 aliphatic carbocycles. The fraction of sp³-hybridized carbons (Fsp3) is 0.559. The van der Waals surface area contributed by atoms with E-state index in [1.165, 1.54) is 0 Å². The Kier molecular flexibility index (Phi) is 9.51. The number of rotatable bonds is 5. The van der Waals surface area contributed by atoms with E-state index in [1.54, 1.807) is 39.0 Å². The molecular formula is C34H45N3O6S. The van der Waals surface area contributed by atoms with Crippen molar-refractivity contribution in [3.63, 3.8) is 0 Å². The standard InChI is InChI=1S/C34H45N3O6S/c1-33(2,3)43-32(40)36-28-19-8-6-4-5-7-15-24-21-34(24,37-31(39)27-18-12-17-26(27)30(28)38)22-35-44(41,42)29-20-11-14-23-13-9-10-16-25(23)29/h7,9-11,13-16,20,24,26-28,35H,4-6,8,12,17-19,21-22H2,1-3H3,(H,36,40)(H,37,39)/t24-,26?,27?,28+,34+/m1/s1. The fourth-order valence-corrected chi connectivity index (χ4v) is 8.04. The van der Waals surface area contributed by atoms with Gasteiger partial charge in [0.25, 0.3) is 0 Å². The highest BCUT2D eigenvalue weighted by Crippen LogP contribution is 2.46. The van der Waals surface area contributed by atoms with E-state index in [9.17, 15) is 22.8 Å². The van der Waals surface area contributed by atoms with Gasteiger partial charge < -0.3 is 15.4 Å². The first-order valence-electron chi connectivity index (χ1n) is 15.9. The van der Waals surface area contributed by atoms with Crippen molar-refractivity contribution in [2.75, 3.05) is 6.54 Å². The second kappa shape index (κ2) is 13.0. The van der Waals surface area contributed by atoms with Gasteiger partial charge in [-0.3, -0.25) is 9.59 Å². The zero-order valence-corrected chi connectivity index (χ0v) is 26.8. The van der Waals surface area contributed by atoms with Crippen molar-refractivity contribution >= 4 is 38.6 Å². The predicted octanol–water partition coefficient (Wildman–Crippen LogP) is 5.39. The van der Waals surface area contributed by atoms with Gasteiger partial charge in [-0.25, -0.2) is 17.9 Å². The maximum absolute atomic E-state index is 13.9. The van der Waals surface area contributed by atoms with Gasteiger partial charge in [-0.1, -0.05) is 67.8 Å². The molecule has 2 aromatic rings. The SMILES string of the molecule is CC(C)(C)OC(=O)N[C@H]1CCCCCC=C[C@@H]2C[C@@]2(CNS(=O)(=O)c2cccc3ccccc23)NC(=O)C2CCCC2C1=O. The normalized spacial score (nSPS) is 28.2. The number of carbonyl (C=O) groups is 3. The molecule has 3 N–H and O–H groups in total. The number of hydrogen-bond acceptors (Lipinski definition) is 6. The average molecular weight is 624 g/mol. The van der Waals surface area contributed by atoms with Gasteiger partial charge in [-0.05, 0) is 70.7 Å². The van der Waals surface area contributed by atoms with Crippen LogP contribution in [0.2, 0.25) is 0 Å². The van der Waals surface area contributed by atoms with Crippen LogP contribution in [0.25, 0.3) is 10.8 Å². The van der Waals surface area contributed by atoms with Crippen LogP contribution in [0, 0.1) is 17.8 Å². The topological polar surface area (TPSA) is 131 Å². The Bertz CT molecular complexity index is 1530. The minimum atomic E-state index is -3.87. The summed E-state index contributed by atoms with van der Waals surface area (Å²) in [6.45, 7) is 5.38. The number of amides is 2. The van der Waals surface area contributed by atoms with E-state index in [-0.39, 0.29) is 29.0 Å². The molecule has 2 fully saturated rings. The maximum atomic E-state index is 13.9. The summed E-state index contributed by atoms with van der Waals surface area (Å²) in [6, 6.07) is 11.8. The summed E-state index contributed by atoms with van der Waals surface area (Å²) >= 11 is 0. The molecule has 9 nitrogen and oxygen atoms in total. The van der Waals surface area contributed by atoms with Gasteiger partial charge in [0.15, 0.2) is 5.78 Å². The van der Waals surface area contributed by atoms with Crippen molar-refractivity contribution in [3.8, 4) is 0 Å². The zero-order valence-electron chi connectivity index (χ0n) is 25.9. The number of Topliss-reactive ketones (excluding diaryl/α,β-unsaturated/α-hetero) is 1. The van der Waals surface area contributed by atoms with Crippen LogP contribution in [-0.2, 0) is 24.3 Å². The molecule has 0 spiro atoms. The Balaban J connectivity index is 1.35. The molecule has 238 valence electrons. The van der Waals surface area contributed by atoms with Gasteiger partial charge in [-0.15, -0.1) is 0 Å². The Labute approximate surface area is 260 Å². The third kappa shape index (κ3) is 7.51. The maximum Gasteiger partial charge on any atom is 0.408 e. The highest BCUT2D eigenvalue weighted by molar-refractivity contribution is 7.89. The molecule has 2 unspecified atom stereocenters. The number of carbonyl (C=O) groups excluding carboxylic acids is 3. The molecule has 10 heteroatoms. The van der Waals surface area contributed by atoms with Gasteiger partial charge >= 0.3 is 6.09 Å². The van der Waals surface area contributed by atoms with Crippen molar-refractivity contribution < 1.29 is 27.5 Å². The highest BCUT2D eigenvalue weighted by atomic mass is 32.2. The molecule has 1 heterocycles. The molecule has 2 aromatic carbocycles.